The van der Waals surface area contributed by atoms with Gasteiger partial charge in [-0.3, -0.25) is 0 Å². The van der Waals surface area contributed by atoms with Gasteiger partial charge < -0.3 is 9.47 Å². The molecule has 2 nitrogen and oxygen atoms in total. The maximum absolute atomic E-state index is 5.58. The molecule has 1 aromatic carbocycles. The molecule has 0 saturated carbocycles. The maximum Gasteiger partial charge on any atom is 0.119 e. The van der Waals surface area contributed by atoms with Crippen molar-refractivity contribution in [3.05, 3.63) is 29.8 Å². The summed E-state index contributed by atoms with van der Waals surface area (Å²) in [5.74, 6) is 0.908. The van der Waals surface area contributed by atoms with Gasteiger partial charge >= 0.3 is 0 Å². The van der Waals surface area contributed by atoms with Crippen molar-refractivity contribution in [2.24, 2.45) is 0 Å². The van der Waals surface area contributed by atoms with Crippen molar-refractivity contribution in [2.75, 3.05) is 13.2 Å². The number of benzene rings is 1. The van der Waals surface area contributed by atoms with Gasteiger partial charge in [0.2, 0.25) is 0 Å². The first-order chi connectivity index (χ1) is 7.10. The zero-order valence-electron chi connectivity index (χ0n) is 9.06. The number of thiol groups is 1. The molecule has 0 atom stereocenters. The van der Waals surface area contributed by atoms with E-state index in [1.54, 1.807) is 0 Å². The molecule has 0 radical (unpaired) electrons. The molecule has 0 unspecified atom stereocenters. The number of rotatable bonds is 3. The van der Waals surface area contributed by atoms with Gasteiger partial charge in [-0.05, 0) is 31.5 Å². The largest absolute Gasteiger partial charge is 0.491 e. The van der Waals surface area contributed by atoms with Crippen LogP contribution in [0.15, 0.2) is 24.3 Å². The van der Waals surface area contributed by atoms with Crippen LogP contribution < -0.4 is 4.74 Å². The Balaban J connectivity index is 2.10. The van der Waals surface area contributed by atoms with Crippen LogP contribution in [0, 0.1) is 0 Å². The predicted molar refractivity (Wildman–Crippen MR) is 63.7 cm³/mol. The fraction of sp³-hybridized carbons (Fsp3) is 0.500. The summed E-state index contributed by atoms with van der Waals surface area (Å²) in [6.45, 7) is 5.43. The van der Waals surface area contributed by atoms with Crippen LogP contribution in [0.1, 0.15) is 19.4 Å². The zero-order chi connectivity index (χ0) is 10.9. The van der Waals surface area contributed by atoms with Gasteiger partial charge in [0.1, 0.15) is 5.75 Å². The standard InChI is InChI=1S/C12H16O2S/c1-9(2)14-11-5-3-10(4-6-11)12(15)7-13-8-12/h3-6,9,15H,7-8H2,1-2H3. The first-order valence-corrected chi connectivity index (χ1v) is 5.62. The highest BCUT2D eigenvalue weighted by Crippen LogP contribution is 2.36. The average Bonchev–Trinajstić information content (AvgIpc) is 2.14. The molecule has 1 heterocycles. The summed E-state index contributed by atoms with van der Waals surface area (Å²) in [4.78, 5) is 0. The Kier molecular flexibility index (Phi) is 2.94. The number of hydrogen-bond acceptors (Lipinski definition) is 3. The fourth-order valence-electron chi connectivity index (χ4n) is 1.58. The normalized spacial score (nSPS) is 18.7. The zero-order valence-corrected chi connectivity index (χ0v) is 9.96. The quantitative estimate of drug-likeness (QED) is 0.796. The van der Waals surface area contributed by atoms with E-state index in [4.69, 9.17) is 9.47 Å². The minimum atomic E-state index is -0.0869. The Morgan fingerprint density at radius 2 is 1.87 bits per heavy atom. The molecule has 1 aliphatic rings. The molecule has 3 heteroatoms. The topological polar surface area (TPSA) is 18.5 Å². The fourth-order valence-corrected chi connectivity index (χ4v) is 1.91. The van der Waals surface area contributed by atoms with Crippen LogP contribution in [0.4, 0.5) is 0 Å². The van der Waals surface area contributed by atoms with E-state index in [0.29, 0.717) is 13.2 Å². The Morgan fingerprint density at radius 3 is 2.27 bits per heavy atom. The Labute approximate surface area is 96.0 Å². The second-order valence-electron chi connectivity index (χ2n) is 4.22. The van der Waals surface area contributed by atoms with E-state index in [9.17, 15) is 0 Å². The summed E-state index contributed by atoms with van der Waals surface area (Å²) in [6.07, 6.45) is 0.216. The van der Waals surface area contributed by atoms with Crippen molar-refractivity contribution in [1.29, 1.82) is 0 Å². The van der Waals surface area contributed by atoms with Crippen LogP contribution >= 0.6 is 12.6 Å². The van der Waals surface area contributed by atoms with Crippen LogP contribution in [0.5, 0.6) is 5.75 Å². The molecular weight excluding hydrogens is 208 g/mol. The molecule has 0 spiro atoms. The lowest BCUT2D eigenvalue weighted by Crippen LogP contribution is -2.41. The third kappa shape index (κ3) is 2.29. The smallest absolute Gasteiger partial charge is 0.119 e. The molecule has 1 aliphatic heterocycles. The lowest BCUT2D eigenvalue weighted by molar-refractivity contribution is -0.00971. The van der Waals surface area contributed by atoms with Crippen molar-refractivity contribution >= 4 is 12.6 Å². The van der Waals surface area contributed by atoms with Gasteiger partial charge in [0.15, 0.2) is 0 Å². The highest BCUT2D eigenvalue weighted by Gasteiger charge is 2.36. The maximum atomic E-state index is 5.58. The average molecular weight is 224 g/mol. The third-order valence-electron chi connectivity index (χ3n) is 2.45. The van der Waals surface area contributed by atoms with E-state index < -0.39 is 0 Å². The molecule has 0 aromatic heterocycles. The SMILES string of the molecule is CC(C)Oc1ccc(C2(S)COC2)cc1. The van der Waals surface area contributed by atoms with E-state index in [2.05, 4.69) is 24.8 Å². The van der Waals surface area contributed by atoms with Crippen molar-refractivity contribution in [1.82, 2.24) is 0 Å². The molecule has 1 saturated heterocycles. The minimum Gasteiger partial charge on any atom is -0.491 e. The summed E-state index contributed by atoms with van der Waals surface area (Å²) in [6, 6.07) is 8.11. The van der Waals surface area contributed by atoms with Gasteiger partial charge in [-0.1, -0.05) is 12.1 Å². The lowest BCUT2D eigenvalue weighted by Gasteiger charge is -2.37. The van der Waals surface area contributed by atoms with Crippen molar-refractivity contribution in [3.8, 4) is 5.75 Å². The van der Waals surface area contributed by atoms with Gasteiger partial charge in [-0.25, -0.2) is 0 Å². The van der Waals surface area contributed by atoms with Crippen molar-refractivity contribution in [3.63, 3.8) is 0 Å². The van der Waals surface area contributed by atoms with Crippen LogP contribution in [0.3, 0.4) is 0 Å². The molecule has 0 bridgehead atoms. The summed E-state index contributed by atoms with van der Waals surface area (Å²) in [5.41, 5.74) is 1.20. The molecule has 2 rings (SSSR count). The predicted octanol–water partition coefficient (Wildman–Crippen LogP) is 2.63. The molecule has 0 aliphatic carbocycles. The molecule has 0 amide bonds. The first kappa shape index (κ1) is 10.8. The van der Waals surface area contributed by atoms with E-state index in [1.165, 1.54) is 5.56 Å². The van der Waals surface area contributed by atoms with E-state index in [0.717, 1.165) is 5.75 Å². The van der Waals surface area contributed by atoms with Crippen LogP contribution in [-0.4, -0.2) is 19.3 Å². The van der Waals surface area contributed by atoms with Crippen LogP contribution in [0.25, 0.3) is 0 Å². The van der Waals surface area contributed by atoms with E-state index in [1.807, 2.05) is 26.0 Å². The van der Waals surface area contributed by atoms with Crippen molar-refractivity contribution in [2.45, 2.75) is 24.7 Å². The van der Waals surface area contributed by atoms with Crippen LogP contribution in [-0.2, 0) is 9.48 Å². The summed E-state index contributed by atoms with van der Waals surface area (Å²) >= 11 is 4.60. The second kappa shape index (κ2) is 4.06. The first-order valence-electron chi connectivity index (χ1n) is 5.17. The monoisotopic (exact) mass is 224 g/mol. The van der Waals surface area contributed by atoms with Gasteiger partial charge in [0.25, 0.3) is 0 Å². The molecule has 0 N–H and O–H groups in total. The number of ether oxygens (including phenoxy) is 2. The van der Waals surface area contributed by atoms with Crippen LogP contribution in [0.2, 0.25) is 0 Å². The second-order valence-corrected chi connectivity index (χ2v) is 5.07. The Bertz CT molecular complexity index is 328. The summed E-state index contributed by atoms with van der Waals surface area (Å²) in [7, 11) is 0. The van der Waals surface area contributed by atoms with Gasteiger partial charge in [0.05, 0.1) is 24.1 Å². The Hall–Kier alpha value is -0.670. The van der Waals surface area contributed by atoms with Gasteiger partial charge in [0, 0.05) is 0 Å². The molecule has 1 aromatic rings. The van der Waals surface area contributed by atoms with E-state index in [-0.39, 0.29) is 10.9 Å². The highest BCUT2D eigenvalue weighted by atomic mass is 32.1. The summed E-state index contributed by atoms with van der Waals surface area (Å²) in [5, 5.41) is 0. The third-order valence-corrected chi connectivity index (χ3v) is 2.96. The van der Waals surface area contributed by atoms with Gasteiger partial charge in [-0.2, -0.15) is 12.6 Å². The van der Waals surface area contributed by atoms with Gasteiger partial charge in [-0.15, -0.1) is 0 Å². The lowest BCUT2D eigenvalue weighted by atomic mass is 9.96. The molecule has 15 heavy (non-hydrogen) atoms. The summed E-state index contributed by atoms with van der Waals surface area (Å²) < 4.78 is 10.7. The van der Waals surface area contributed by atoms with Crippen molar-refractivity contribution < 1.29 is 9.47 Å². The highest BCUT2D eigenvalue weighted by molar-refractivity contribution is 7.81. The Morgan fingerprint density at radius 1 is 1.27 bits per heavy atom. The van der Waals surface area contributed by atoms with E-state index >= 15 is 0 Å². The molecular formula is C12H16O2S. The minimum absolute atomic E-state index is 0.0869. The number of hydrogen-bond donors (Lipinski definition) is 1. The molecule has 82 valence electrons. The molecule has 1 fully saturated rings.